The van der Waals surface area contributed by atoms with E-state index in [0.717, 1.165) is 0 Å². The van der Waals surface area contributed by atoms with Crippen molar-refractivity contribution in [3.8, 4) is 0 Å². The molecule has 0 aliphatic carbocycles. The summed E-state index contributed by atoms with van der Waals surface area (Å²) in [5.41, 5.74) is 5.49. The van der Waals surface area contributed by atoms with Crippen LogP contribution in [0.3, 0.4) is 0 Å². The van der Waals surface area contributed by atoms with Crippen LogP contribution >= 0.6 is 0 Å². The number of nitrogens with zero attached hydrogens (tertiary/aromatic N) is 1. The van der Waals surface area contributed by atoms with Crippen molar-refractivity contribution in [1.82, 2.24) is 9.97 Å². The Bertz CT molecular complexity index is 681. The van der Waals surface area contributed by atoms with E-state index in [4.69, 9.17) is 10.5 Å². The Morgan fingerprint density at radius 3 is 3.00 bits per heavy atom. The number of benzene rings is 1. The van der Waals surface area contributed by atoms with E-state index in [1.165, 1.54) is 0 Å². The number of methoxy groups -OCH3 is 1. The number of nitrogens with two attached hydrogens (primary N) is 1. The Morgan fingerprint density at radius 1 is 1.52 bits per heavy atom. The van der Waals surface area contributed by atoms with E-state index in [1.807, 2.05) is 0 Å². The third-order valence-corrected chi connectivity index (χ3v) is 3.21. The largest absolute Gasteiger partial charge is 0.399 e. The Labute approximate surface area is 122 Å². The highest BCUT2D eigenvalue weighted by Gasteiger charge is 2.20. The summed E-state index contributed by atoms with van der Waals surface area (Å²) in [6.45, 7) is 2.40. The maximum atomic E-state index is 12.0. The summed E-state index contributed by atoms with van der Waals surface area (Å²) >= 11 is 0. The highest BCUT2D eigenvalue weighted by Crippen LogP contribution is 2.14. The van der Waals surface area contributed by atoms with Gasteiger partial charge in [0.05, 0.1) is 16.5 Å². The Morgan fingerprint density at radius 2 is 2.29 bits per heavy atom. The van der Waals surface area contributed by atoms with Crippen LogP contribution in [0.1, 0.15) is 13.3 Å². The van der Waals surface area contributed by atoms with E-state index in [2.05, 4.69) is 15.3 Å². The number of aromatic nitrogens is 2. The van der Waals surface area contributed by atoms with Crippen molar-refractivity contribution in [2.75, 3.05) is 31.3 Å². The fraction of sp³-hybridized carbons (Fsp3) is 0.429. The van der Waals surface area contributed by atoms with Crippen molar-refractivity contribution in [3.63, 3.8) is 0 Å². The first kappa shape index (κ1) is 15.3. The van der Waals surface area contributed by atoms with Gasteiger partial charge in [0.2, 0.25) is 5.95 Å². The third kappa shape index (κ3) is 3.93. The first-order chi connectivity index (χ1) is 9.91. The molecule has 0 bridgehead atoms. The zero-order chi connectivity index (χ0) is 15.5. The summed E-state index contributed by atoms with van der Waals surface area (Å²) < 4.78 is 4.94. The molecule has 0 aliphatic rings. The molecule has 2 aromatic rings. The first-order valence-electron chi connectivity index (χ1n) is 6.66. The molecule has 0 saturated heterocycles. The molecule has 1 unspecified atom stereocenters. The van der Waals surface area contributed by atoms with Gasteiger partial charge in [-0.25, -0.2) is 4.98 Å². The number of ether oxygens (including phenoxy) is 1. The standard InChI is InChI=1S/C14H20N4O3/c1-14(20,5-6-21-2)8-16-13-17-11-4-3-9(15)7-10(11)12(19)18-13/h3-4,7,20H,5-6,8,15H2,1-2H3,(H2,16,17,18,19). The molecule has 0 radical (unpaired) electrons. The van der Waals surface area contributed by atoms with Crippen LogP contribution in [-0.2, 0) is 4.74 Å². The molecular formula is C14H20N4O3. The minimum Gasteiger partial charge on any atom is -0.399 e. The van der Waals surface area contributed by atoms with Gasteiger partial charge in [-0.15, -0.1) is 0 Å². The van der Waals surface area contributed by atoms with Gasteiger partial charge < -0.3 is 20.9 Å². The van der Waals surface area contributed by atoms with Crippen LogP contribution in [0.2, 0.25) is 0 Å². The molecule has 7 nitrogen and oxygen atoms in total. The van der Waals surface area contributed by atoms with E-state index >= 15 is 0 Å². The SMILES string of the molecule is COCCC(C)(O)CNc1nc2ccc(N)cc2c(=O)[nH]1. The van der Waals surface area contributed by atoms with Crippen LogP contribution in [0.5, 0.6) is 0 Å². The van der Waals surface area contributed by atoms with E-state index in [0.29, 0.717) is 35.6 Å². The highest BCUT2D eigenvalue weighted by molar-refractivity contribution is 5.81. The summed E-state index contributed by atoms with van der Waals surface area (Å²) in [6, 6.07) is 4.96. The molecule has 0 spiro atoms. The van der Waals surface area contributed by atoms with Crippen molar-refractivity contribution in [1.29, 1.82) is 0 Å². The Hall–Kier alpha value is -2.12. The lowest BCUT2D eigenvalue weighted by Crippen LogP contribution is -2.35. The normalized spacial score (nSPS) is 14.0. The second-order valence-corrected chi connectivity index (χ2v) is 5.28. The average molecular weight is 292 g/mol. The average Bonchev–Trinajstić information content (AvgIpc) is 2.44. The van der Waals surface area contributed by atoms with E-state index in [9.17, 15) is 9.90 Å². The lowest BCUT2D eigenvalue weighted by Gasteiger charge is -2.23. The van der Waals surface area contributed by atoms with E-state index in [-0.39, 0.29) is 12.1 Å². The molecule has 1 aromatic carbocycles. The van der Waals surface area contributed by atoms with Crippen molar-refractivity contribution in [2.45, 2.75) is 18.9 Å². The molecule has 1 heterocycles. The molecule has 1 atom stereocenters. The Kier molecular flexibility index (Phi) is 4.44. The number of hydrogen-bond donors (Lipinski definition) is 4. The molecule has 21 heavy (non-hydrogen) atoms. The smallest absolute Gasteiger partial charge is 0.260 e. The highest BCUT2D eigenvalue weighted by atomic mass is 16.5. The van der Waals surface area contributed by atoms with Gasteiger partial charge in [-0.3, -0.25) is 9.78 Å². The molecule has 0 amide bonds. The minimum absolute atomic E-state index is 0.250. The number of fused-ring (bicyclic) bond motifs is 1. The number of aromatic amines is 1. The van der Waals surface area contributed by atoms with Crippen molar-refractivity contribution in [2.24, 2.45) is 0 Å². The van der Waals surface area contributed by atoms with Crippen molar-refractivity contribution < 1.29 is 9.84 Å². The molecule has 0 fully saturated rings. The van der Waals surface area contributed by atoms with E-state index in [1.54, 1.807) is 32.2 Å². The van der Waals surface area contributed by atoms with E-state index < -0.39 is 5.60 Å². The van der Waals surface area contributed by atoms with Crippen LogP contribution < -0.4 is 16.6 Å². The monoisotopic (exact) mass is 292 g/mol. The van der Waals surface area contributed by atoms with Gasteiger partial charge in [-0.05, 0) is 25.1 Å². The van der Waals surface area contributed by atoms with Crippen LogP contribution in [0.25, 0.3) is 10.9 Å². The molecule has 0 saturated carbocycles. The zero-order valence-corrected chi connectivity index (χ0v) is 12.1. The minimum atomic E-state index is -0.954. The topological polar surface area (TPSA) is 113 Å². The predicted molar refractivity (Wildman–Crippen MR) is 82.4 cm³/mol. The second-order valence-electron chi connectivity index (χ2n) is 5.28. The summed E-state index contributed by atoms with van der Waals surface area (Å²) in [6.07, 6.45) is 0.477. The fourth-order valence-corrected chi connectivity index (χ4v) is 1.92. The predicted octanol–water partition coefficient (Wildman–Crippen LogP) is 0.705. The maximum Gasteiger partial charge on any atom is 0.260 e. The molecule has 1 aromatic heterocycles. The number of nitrogens with one attached hydrogen (secondary N) is 2. The van der Waals surface area contributed by atoms with Crippen LogP contribution in [-0.4, -0.2) is 40.9 Å². The first-order valence-corrected chi connectivity index (χ1v) is 6.66. The number of anilines is 2. The molecular weight excluding hydrogens is 272 g/mol. The van der Waals surface area contributed by atoms with Crippen LogP contribution in [0.15, 0.2) is 23.0 Å². The zero-order valence-electron chi connectivity index (χ0n) is 12.1. The van der Waals surface area contributed by atoms with Gasteiger partial charge in [-0.2, -0.15) is 0 Å². The number of hydrogen-bond acceptors (Lipinski definition) is 6. The van der Waals surface area contributed by atoms with Gasteiger partial charge in [0, 0.05) is 32.4 Å². The van der Waals surface area contributed by atoms with Crippen LogP contribution in [0, 0.1) is 0 Å². The van der Waals surface area contributed by atoms with Gasteiger partial charge in [-0.1, -0.05) is 0 Å². The Balaban J connectivity index is 2.16. The number of H-pyrrole nitrogens is 1. The fourth-order valence-electron chi connectivity index (χ4n) is 1.92. The van der Waals surface area contributed by atoms with Gasteiger partial charge in [0.25, 0.3) is 5.56 Å². The van der Waals surface area contributed by atoms with Crippen molar-refractivity contribution in [3.05, 3.63) is 28.6 Å². The second kappa shape index (κ2) is 6.11. The van der Waals surface area contributed by atoms with Gasteiger partial charge in [0.1, 0.15) is 0 Å². The number of aliphatic hydroxyl groups is 1. The summed E-state index contributed by atoms with van der Waals surface area (Å²) in [5.74, 6) is 0.315. The summed E-state index contributed by atoms with van der Waals surface area (Å²) in [4.78, 5) is 18.9. The van der Waals surface area contributed by atoms with Crippen LogP contribution in [0.4, 0.5) is 11.6 Å². The number of rotatable bonds is 6. The van der Waals surface area contributed by atoms with Crippen molar-refractivity contribution >= 4 is 22.5 Å². The van der Waals surface area contributed by atoms with Gasteiger partial charge in [0.15, 0.2) is 0 Å². The molecule has 0 aliphatic heterocycles. The summed E-state index contributed by atoms with van der Waals surface area (Å²) in [7, 11) is 1.58. The van der Waals surface area contributed by atoms with Gasteiger partial charge >= 0.3 is 0 Å². The summed E-state index contributed by atoms with van der Waals surface area (Å²) in [5, 5.41) is 13.5. The molecule has 7 heteroatoms. The lowest BCUT2D eigenvalue weighted by atomic mass is 10.0. The molecule has 2 rings (SSSR count). The maximum absolute atomic E-state index is 12.0. The quantitative estimate of drug-likeness (QED) is 0.583. The lowest BCUT2D eigenvalue weighted by molar-refractivity contribution is 0.0356. The molecule has 5 N–H and O–H groups in total. The number of nitrogen functional groups attached to an aromatic ring is 1. The molecule has 114 valence electrons. The third-order valence-electron chi connectivity index (χ3n) is 3.21.